The van der Waals surface area contributed by atoms with Crippen molar-refractivity contribution in [1.82, 2.24) is 19.8 Å². The summed E-state index contributed by atoms with van der Waals surface area (Å²) in [6, 6.07) is 12.8. The monoisotopic (exact) mass is 406 g/mol. The first kappa shape index (κ1) is 17.6. The van der Waals surface area contributed by atoms with E-state index in [2.05, 4.69) is 20.6 Å². The number of methoxy groups -OCH3 is 1. The van der Waals surface area contributed by atoms with E-state index in [1.54, 1.807) is 27.9 Å². The van der Waals surface area contributed by atoms with Crippen LogP contribution in [-0.2, 0) is 4.79 Å². The van der Waals surface area contributed by atoms with Gasteiger partial charge in [0, 0.05) is 17.5 Å². The molecule has 4 aromatic rings. The predicted molar refractivity (Wildman–Crippen MR) is 111 cm³/mol. The number of hydrogen-bond acceptors (Lipinski definition) is 7. The van der Waals surface area contributed by atoms with Crippen LogP contribution in [0.2, 0.25) is 0 Å². The number of nitrogens with one attached hydrogen (secondary N) is 1. The molecule has 9 heteroatoms. The van der Waals surface area contributed by atoms with E-state index < -0.39 is 0 Å². The molecule has 1 aliphatic rings. The van der Waals surface area contributed by atoms with Crippen LogP contribution < -0.4 is 15.0 Å². The second-order valence-electron chi connectivity index (χ2n) is 6.67. The van der Waals surface area contributed by atoms with E-state index in [4.69, 9.17) is 4.74 Å². The van der Waals surface area contributed by atoms with Gasteiger partial charge in [-0.1, -0.05) is 12.1 Å². The molecule has 0 radical (unpaired) electrons. The number of thiophene rings is 1. The average molecular weight is 406 g/mol. The molecule has 4 heterocycles. The van der Waals surface area contributed by atoms with E-state index in [1.165, 1.54) is 0 Å². The molecule has 0 spiro atoms. The van der Waals surface area contributed by atoms with Crippen LogP contribution in [0.25, 0.3) is 17.0 Å². The fraction of sp³-hybridized carbons (Fsp3) is 0.200. The number of carbonyl (C=O) groups is 1. The van der Waals surface area contributed by atoms with Crippen molar-refractivity contribution in [2.24, 2.45) is 0 Å². The Bertz CT molecular complexity index is 1170. The number of anilines is 2. The maximum atomic E-state index is 13.0. The van der Waals surface area contributed by atoms with Crippen LogP contribution in [0.15, 0.2) is 53.2 Å². The van der Waals surface area contributed by atoms with Crippen LogP contribution in [0.4, 0.5) is 11.5 Å². The molecule has 146 valence electrons. The van der Waals surface area contributed by atoms with E-state index in [1.807, 2.05) is 53.2 Å². The largest absolute Gasteiger partial charge is 0.495 e. The van der Waals surface area contributed by atoms with Gasteiger partial charge in [-0.25, -0.2) is 0 Å². The minimum absolute atomic E-state index is 0.00166. The first-order valence-corrected chi connectivity index (χ1v) is 10.1. The van der Waals surface area contributed by atoms with Crippen LogP contribution >= 0.6 is 11.3 Å². The van der Waals surface area contributed by atoms with Gasteiger partial charge in [-0.05, 0) is 42.1 Å². The Kier molecular flexibility index (Phi) is 4.36. The van der Waals surface area contributed by atoms with Gasteiger partial charge in [-0.2, -0.15) is 15.9 Å². The van der Waals surface area contributed by atoms with Crippen LogP contribution in [-0.4, -0.2) is 45.4 Å². The Labute approximate surface area is 170 Å². The lowest BCUT2D eigenvalue weighted by Crippen LogP contribution is -2.34. The molecule has 8 nitrogen and oxygen atoms in total. The van der Waals surface area contributed by atoms with E-state index >= 15 is 0 Å². The number of hydrogen-bond donors (Lipinski definition) is 1. The molecule has 1 atom stereocenters. The quantitative estimate of drug-likeness (QED) is 0.548. The zero-order valence-electron chi connectivity index (χ0n) is 15.6. The van der Waals surface area contributed by atoms with Crippen molar-refractivity contribution >= 4 is 34.4 Å². The highest BCUT2D eigenvalue weighted by molar-refractivity contribution is 7.08. The molecular weight excluding hydrogens is 388 g/mol. The van der Waals surface area contributed by atoms with Crippen molar-refractivity contribution in [3.8, 4) is 17.1 Å². The fourth-order valence-electron chi connectivity index (χ4n) is 3.52. The molecule has 0 aliphatic carbocycles. The molecule has 0 bridgehead atoms. The predicted octanol–water partition coefficient (Wildman–Crippen LogP) is 3.08. The van der Waals surface area contributed by atoms with Gasteiger partial charge in [0.15, 0.2) is 11.5 Å². The van der Waals surface area contributed by atoms with Crippen molar-refractivity contribution in [3.05, 3.63) is 53.2 Å². The molecule has 1 amide bonds. The molecule has 3 aromatic heterocycles. The van der Waals surface area contributed by atoms with Gasteiger partial charge in [0.1, 0.15) is 17.6 Å². The summed E-state index contributed by atoms with van der Waals surface area (Å²) in [4.78, 5) is 14.8. The minimum Gasteiger partial charge on any atom is -0.495 e. The van der Waals surface area contributed by atoms with Crippen molar-refractivity contribution in [3.63, 3.8) is 0 Å². The molecule has 1 saturated heterocycles. The third-order valence-corrected chi connectivity index (χ3v) is 5.63. The second-order valence-corrected chi connectivity index (χ2v) is 7.45. The summed E-state index contributed by atoms with van der Waals surface area (Å²) < 4.78 is 7.10. The molecule has 1 unspecified atom stereocenters. The normalized spacial score (nSPS) is 16.5. The molecular formula is C20H18N6O2S. The topological polar surface area (TPSA) is 84.7 Å². The number of carbonyl (C=O) groups excluding carboxylic acids is 1. The zero-order valence-corrected chi connectivity index (χ0v) is 16.5. The van der Waals surface area contributed by atoms with Gasteiger partial charge in [0.25, 0.3) is 0 Å². The Balaban J connectivity index is 1.40. The molecule has 1 aliphatic heterocycles. The van der Waals surface area contributed by atoms with Crippen molar-refractivity contribution in [2.45, 2.75) is 12.5 Å². The summed E-state index contributed by atoms with van der Waals surface area (Å²) in [6.07, 6.45) is 0.677. The van der Waals surface area contributed by atoms with Crippen molar-refractivity contribution < 1.29 is 9.53 Å². The number of aromatic nitrogens is 4. The van der Waals surface area contributed by atoms with Gasteiger partial charge in [0.05, 0.1) is 12.8 Å². The van der Waals surface area contributed by atoms with E-state index in [0.29, 0.717) is 36.0 Å². The molecule has 1 fully saturated rings. The summed E-state index contributed by atoms with van der Waals surface area (Å²) >= 11 is 1.59. The summed E-state index contributed by atoms with van der Waals surface area (Å²) in [5, 5.41) is 20.3. The molecule has 0 saturated carbocycles. The van der Waals surface area contributed by atoms with E-state index in [0.717, 1.165) is 11.3 Å². The maximum Gasteiger partial charge on any atom is 0.249 e. The maximum absolute atomic E-state index is 13.0. The van der Waals surface area contributed by atoms with Crippen LogP contribution in [0.5, 0.6) is 5.75 Å². The number of rotatable bonds is 5. The van der Waals surface area contributed by atoms with Crippen molar-refractivity contribution in [2.75, 3.05) is 23.9 Å². The lowest BCUT2D eigenvalue weighted by Gasteiger charge is -2.19. The summed E-state index contributed by atoms with van der Waals surface area (Å²) in [6.45, 7) is 0.617. The lowest BCUT2D eigenvalue weighted by molar-refractivity contribution is -0.117. The average Bonchev–Trinajstić information content (AvgIpc) is 3.49. The number of ether oxygens (including phenoxy) is 1. The van der Waals surface area contributed by atoms with Gasteiger partial charge < -0.3 is 15.0 Å². The molecule has 1 N–H and O–H groups in total. The molecule has 1 aromatic carbocycles. The summed E-state index contributed by atoms with van der Waals surface area (Å²) in [7, 11) is 1.61. The van der Waals surface area contributed by atoms with Gasteiger partial charge in [-0.15, -0.1) is 15.3 Å². The highest BCUT2D eigenvalue weighted by atomic mass is 32.1. The standard InChI is InChI=1S/C20H18N6O2S/c1-28-16-5-3-2-4-15(16)25-10-8-14(20(25)27)21-17-6-7-18-22-23-19(26(18)24-17)13-9-11-29-12-13/h2-7,9,11-12,14H,8,10H2,1H3,(H,21,24). The highest BCUT2D eigenvalue weighted by Crippen LogP contribution is 2.31. The Hall–Kier alpha value is -3.46. The fourth-order valence-corrected chi connectivity index (χ4v) is 4.16. The Morgan fingerprint density at radius 3 is 2.90 bits per heavy atom. The number of para-hydroxylation sites is 2. The number of benzene rings is 1. The third-order valence-electron chi connectivity index (χ3n) is 4.95. The number of fused-ring (bicyclic) bond motifs is 1. The number of amides is 1. The SMILES string of the molecule is COc1ccccc1N1CCC(Nc2ccc3nnc(-c4ccsc4)n3n2)C1=O. The van der Waals surface area contributed by atoms with Crippen molar-refractivity contribution in [1.29, 1.82) is 0 Å². The van der Waals surface area contributed by atoms with Crippen LogP contribution in [0.1, 0.15) is 6.42 Å². The zero-order chi connectivity index (χ0) is 19.8. The van der Waals surface area contributed by atoms with E-state index in [9.17, 15) is 4.79 Å². The summed E-state index contributed by atoms with van der Waals surface area (Å²) in [5.74, 6) is 1.97. The number of nitrogens with zero attached hydrogens (tertiary/aromatic N) is 5. The minimum atomic E-state index is -0.356. The Morgan fingerprint density at radius 2 is 2.07 bits per heavy atom. The van der Waals surface area contributed by atoms with Gasteiger partial charge in [0.2, 0.25) is 5.91 Å². The van der Waals surface area contributed by atoms with Gasteiger partial charge >= 0.3 is 0 Å². The Morgan fingerprint density at radius 1 is 1.17 bits per heavy atom. The summed E-state index contributed by atoms with van der Waals surface area (Å²) in [5.41, 5.74) is 2.41. The highest BCUT2D eigenvalue weighted by Gasteiger charge is 2.34. The molecule has 5 rings (SSSR count). The second kappa shape index (κ2) is 7.17. The van der Waals surface area contributed by atoms with E-state index in [-0.39, 0.29) is 11.9 Å². The third kappa shape index (κ3) is 3.09. The molecule has 29 heavy (non-hydrogen) atoms. The first-order chi connectivity index (χ1) is 14.2. The smallest absolute Gasteiger partial charge is 0.249 e. The van der Waals surface area contributed by atoms with Crippen LogP contribution in [0.3, 0.4) is 0 Å². The first-order valence-electron chi connectivity index (χ1n) is 9.20. The lowest BCUT2D eigenvalue weighted by atomic mass is 10.2. The van der Waals surface area contributed by atoms with Gasteiger partial charge in [-0.3, -0.25) is 4.79 Å². The van der Waals surface area contributed by atoms with Crippen LogP contribution in [0, 0.1) is 0 Å².